The molecule has 2 aromatic carbocycles. The molecule has 5 N–H and O–H groups in total. The van der Waals surface area contributed by atoms with Crippen molar-refractivity contribution in [2.75, 3.05) is 31.9 Å². The van der Waals surface area contributed by atoms with Crippen molar-refractivity contribution in [2.45, 2.75) is 6.18 Å². The molecule has 6 nitrogen and oxygen atoms in total. The molecule has 32 heavy (non-hydrogen) atoms. The van der Waals surface area contributed by atoms with Crippen LogP contribution in [0.15, 0.2) is 49.2 Å². The fourth-order valence-electron chi connectivity index (χ4n) is 3.72. The summed E-state index contributed by atoms with van der Waals surface area (Å²) >= 11 is 0. The minimum Gasteiger partial charge on any atom is -0.507 e. The highest BCUT2D eigenvalue weighted by Gasteiger charge is 2.36. The zero-order valence-corrected chi connectivity index (χ0v) is 17.0. The van der Waals surface area contributed by atoms with Gasteiger partial charge in [0.25, 0.3) is 0 Å². The molecule has 1 saturated heterocycles. The average Bonchev–Trinajstić information content (AvgIpc) is 2.74. The number of amides is 1. The van der Waals surface area contributed by atoms with Gasteiger partial charge in [0.2, 0.25) is 5.91 Å². The number of alkyl halides is 3. The molecule has 0 radical (unpaired) electrons. The molecule has 0 saturated carbocycles. The third kappa shape index (κ3) is 4.34. The minimum absolute atomic E-state index is 0.0166. The summed E-state index contributed by atoms with van der Waals surface area (Å²) in [7, 11) is 0. The smallest absolute Gasteiger partial charge is 0.417 e. The molecule has 1 aliphatic rings. The van der Waals surface area contributed by atoms with Gasteiger partial charge >= 0.3 is 6.18 Å². The second-order valence-electron chi connectivity index (χ2n) is 7.19. The van der Waals surface area contributed by atoms with E-state index in [1.807, 2.05) is 0 Å². The van der Waals surface area contributed by atoms with E-state index < -0.39 is 34.4 Å². The van der Waals surface area contributed by atoms with Crippen molar-refractivity contribution in [1.82, 2.24) is 9.80 Å². The third-order valence-corrected chi connectivity index (χ3v) is 5.30. The Hall–Kier alpha value is -3.69. The van der Waals surface area contributed by atoms with E-state index in [2.05, 4.69) is 6.58 Å². The van der Waals surface area contributed by atoms with Gasteiger partial charge in [0.1, 0.15) is 11.6 Å². The summed E-state index contributed by atoms with van der Waals surface area (Å²) < 4.78 is 56.1. The summed E-state index contributed by atoms with van der Waals surface area (Å²) in [5.41, 5.74) is 9.69. The van der Waals surface area contributed by atoms with Crippen LogP contribution in [0.4, 0.5) is 23.2 Å². The molecule has 1 fully saturated rings. The molecule has 0 atom stereocenters. The Morgan fingerprint density at radius 3 is 2.28 bits per heavy atom. The Labute approximate surface area is 182 Å². The molecule has 1 amide bonds. The molecule has 1 heterocycles. The Morgan fingerprint density at radius 2 is 1.75 bits per heavy atom. The maximum absolute atomic E-state index is 14.3. The van der Waals surface area contributed by atoms with E-state index in [9.17, 15) is 27.5 Å². The zero-order valence-electron chi connectivity index (χ0n) is 17.0. The fraction of sp³-hybridized carbons (Fsp3) is 0.227. The van der Waals surface area contributed by atoms with Gasteiger partial charge in [0, 0.05) is 49.2 Å². The summed E-state index contributed by atoms with van der Waals surface area (Å²) in [5, 5.41) is 10.0. The number of carbonyl (C=O) groups excluding carboxylic acids is 1. The van der Waals surface area contributed by atoms with Crippen molar-refractivity contribution in [3.05, 3.63) is 66.1 Å². The van der Waals surface area contributed by atoms with E-state index >= 15 is 0 Å². The van der Waals surface area contributed by atoms with E-state index in [1.54, 1.807) is 9.80 Å². The van der Waals surface area contributed by atoms with Crippen LogP contribution in [0.1, 0.15) is 11.1 Å². The molecule has 170 valence electrons. The number of carbonyl (C=O) groups is 1. The molecule has 0 bridgehead atoms. The molecular weight excluding hydrogens is 428 g/mol. The van der Waals surface area contributed by atoms with Crippen LogP contribution in [-0.2, 0) is 11.0 Å². The number of rotatable bonds is 4. The van der Waals surface area contributed by atoms with Crippen LogP contribution in [0.2, 0.25) is 0 Å². The lowest BCUT2D eigenvalue weighted by Crippen LogP contribution is -2.47. The predicted molar refractivity (Wildman–Crippen MR) is 113 cm³/mol. The van der Waals surface area contributed by atoms with E-state index in [0.717, 1.165) is 30.5 Å². The second-order valence-corrected chi connectivity index (χ2v) is 7.19. The van der Waals surface area contributed by atoms with Crippen molar-refractivity contribution in [3.8, 4) is 16.9 Å². The number of hydrogen-bond acceptors (Lipinski definition) is 5. The van der Waals surface area contributed by atoms with Gasteiger partial charge in [-0.1, -0.05) is 12.6 Å². The van der Waals surface area contributed by atoms with Crippen LogP contribution < -0.4 is 11.5 Å². The first kappa shape index (κ1) is 23.0. The normalized spacial score (nSPS) is 15.1. The van der Waals surface area contributed by atoms with Crippen molar-refractivity contribution in [1.29, 1.82) is 0 Å². The highest BCUT2D eigenvalue weighted by Crippen LogP contribution is 2.44. The Balaban J connectivity index is 2.06. The van der Waals surface area contributed by atoms with Gasteiger partial charge in [0.15, 0.2) is 0 Å². The SMILES string of the molecule is C=CC(=O)N1CCN(/C(=C/N)c2cc(C(F)(F)F)c(-c3c(O)cccc3F)cc2N)CC1. The minimum atomic E-state index is -4.86. The lowest BCUT2D eigenvalue weighted by molar-refractivity contribution is -0.137. The molecule has 0 aliphatic carbocycles. The lowest BCUT2D eigenvalue weighted by Gasteiger charge is -2.37. The monoisotopic (exact) mass is 450 g/mol. The Bertz CT molecular complexity index is 1050. The standard InChI is InChI=1S/C22H22F4N4O2/c1-2-20(32)30-8-6-29(7-9-30)18(12-27)14-10-15(22(24,25)26)13(11-17(14)28)21-16(23)4-3-5-19(21)31/h2-5,10-12,31H,1,6-9,27-28H2/b18-12+. The maximum atomic E-state index is 14.3. The Kier molecular flexibility index (Phi) is 6.33. The summed E-state index contributed by atoms with van der Waals surface area (Å²) in [6.45, 7) is 4.73. The lowest BCUT2D eigenvalue weighted by atomic mass is 9.93. The molecule has 1 aliphatic heterocycles. The molecule has 0 spiro atoms. The van der Waals surface area contributed by atoms with E-state index in [0.29, 0.717) is 26.2 Å². The largest absolute Gasteiger partial charge is 0.507 e. The number of piperazine rings is 1. The number of nitrogens with zero attached hydrogens (tertiary/aromatic N) is 2. The van der Waals surface area contributed by atoms with Gasteiger partial charge in [-0.05, 0) is 30.3 Å². The first-order valence-electron chi connectivity index (χ1n) is 9.65. The summed E-state index contributed by atoms with van der Waals surface area (Å²) in [6, 6.07) is 5.02. The number of nitrogen functional groups attached to an aromatic ring is 1. The number of phenols is 1. The van der Waals surface area contributed by atoms with Gasteiger partial charge in [-0.25, -0.2) is 4.39 Å². The van der Waals surface area contributed by atoms with E-state index in [4.69, 9.17) is 11.5 Å². The molecule has 10 heteroatoms. The summed E-state index contributed by atoms with van der Waals surface area (Å²) in [5.74, 6) is -1.89. The summed E-state index contributed by atoms with van der Waals surface area (Å²) in [4.78, 5) is 15.1. The number of halogens is 4. The number of anilines is 1. The average molecular weight is 450 g/mol. The molecule has 0 aromatic heterocycles. The van der Waals surface area contributed by atoms with Crippen LogP contribution in [-0.4, -0.2) is 47.0 Å². The molecule has 0 unspecified atom stereocenters. The second kappa shape index (κ2) is 8.81. The van der Waals surface area contributed by atoms with Crippen LogP contribution in [0.3, 0.4) is 0 Å². The molecule has 2 aromatic rings. The van der Waals surface area contributed by atoms with Gasteiger partial charge in [0.05, 0.1) is 16.8 Å². The van der Waals surface area contributed by atoms with Crippen LogP contribution in [0, 0.1) is 5.82 Å². The molecule has 3 rings (SSSR count). The van der Waals surface area contributed by atoms with Gasteiger partial charge < -0.3 is 26.4 Å². The van der Waals surface area contributed by atoms with Gasteiger partial charge in [-0.2, -0.15) is 13.2 Å². The van der Waals surface area contributed by atoms with Crippen LogP contribution >= 0.6 is 0 Å². The topological polar surface area (TPSA) is 95.8 Å². The zero-order chi connectivity index (χ0) is 23.6. The van der Waals surface area contributed by atoms with Crippen molar-refractivity contribution in [2.24, 2.45) is 5.73 Å². The highest BCUT2D eigenvalue weighted by molar-refractivity contribution is 5.87. The van der Waals surface area contributed by atoms with Crippen molar-refractivity contribution >= 4 is 17.3 Å². The number of hydrogen-bond donors (Lipinski definition) is 3. The van der Waals surface area contributed by atoms with Crippen LogP contribution in [0.5, 0.6) is 5.75 Å². The maximum Gasteiger partial charge on any atom is 0.417 e. The van der Waals surface area contributed by atoms with Crippen LogP contribution in [0.25, 0.3) is 16.8 Å². The highest BCUT2D eigenvalue weighted by atomic mass is 19.4. The predicted octanol–water partition coefficient (Wildman–Crippen LogP) is 3.39. The van der Waals surface area contributed by atoms with E-state index in [1.165, 1.54) is 12.1 Å². The Morgan fingerprint density at radius 1 is 1.12 bits per heavy atom. The molecular formula is C22H22F4N4O2. The van der Waals surface area contributed by atoms with Gasteiger partial charge in [-0.3, -0.25) is 4.79 Å². The van der Waals surface area contributed by atoms with Gasteiger partial charge in [-0.15, -0.1) is 0 Å². The fourth-order valence-corrected chi connectivity index (χ4v) is 3.72. The first-order valence-corrected chi connectivity index (χ1v) is 9.65. The summed E-state index contributed by atoms with van der Waals surface area (Å²) in [6.07, 6.45) is -2.52. The van der Waals surface area contributed by atoms with Crippen molar-refractivity contribution in [3.63, 3.8) is 0 Å². The van der Waals surface area contributed by atoms with Crippen molar-refractivity contribution < 1.29 is 27.5 Å². The van der Waals surface area contributed by atoms with E-state index in [-0.39, 0.29) is 22.9 Å². The number of aromatic hydroxyl groups is 1. The number of phenolic OH excluding ortho intramolecular Hbond substituents is 1. The number of benzene rings is 2. The first-order chi connectivity index (χ1) is 15.1. The number of nitrogens with two attached hydrogens (primary N) is 2. The quantitative estimate of drug-likeness (QED) is 0.377. The third-order valence-electron chi connectivity index (χ3n) is 5.30.